The lowest BCUT2D eigenvalue weighted by Crippen LogP contribution is -1.94. The van der Waals surface area contributed by atoms with E-state index in [2.05, 4.69) is 16.0 Å². The van der Waals surface area contributed by atoms with Crippen molar-refractivity contribution in [2.75, 3.05) is 0 Å². The molecule has 0 bridgehead atoms. The molecule has 0 aliphatic rings. The van der Waals surface area contributed by atoms with Gasteiger partial charge in [0.1, 0.15) is 21.9 Å². The maximum Gasteiger partial charge on any atom is 0.133 e. The fourth-order valence-electron chi connectivity index (χ4n) is 1.28. The molecule has 0 saturated heterocycles. The average Bonchev–Trinajstić information content (AvgIpc) is 2.76. The van der Waals surface area contributed by atoms with E-state index >= 15 is 0 Å². The highest BCUT2D eigenvalue weighted by atomic mass is 35.5. The first kappa shape index (κ1) is 11.1. The van der Waals surface area contributed by atoms with Gasteiger partial charge in [0, 0.05) is 12.5 Å². The normalized spacial score (nSPS) is 10.1. The third-order valence-electron chi connectivity index (χ3n) is 2.03. The predicted octanol–water partition coefficient (Wildman–Crippen LogP) is 3.29. The summed E-state index contributed by atoms with van der Waals surface area (Å²) in [6, 6.07) is 7.47. The third-order valence-corrected chi connectivity index (χ3v) is 3.23. The first-order chi connectivity index (χ1) is 7.72. The van der Waals surface area contributed by atoms with Crippen molar-refractivity contribution in [3.63, 3.8) is 0 Å². The summed E-state index contributed by atoms with van der Waals surface area (Å²) in [5.41, 5.74) is 0.781. The number of aryl methyl sites for hydroxylation is 1. The standard InChI is InChI=1S/C11H8ClN3S/c1-2-11-14-8(5-10(12)15-11)9-4-3-7(6-13)16-9/h3-5H,2H2,1H3. The lowest BCUT2D eigenvalue weighted by Gasteiger charge is -2.00. The van der Waals surface area contributed by atoms with Gasteiger partial charge < -0.3 is 0 Å². The summed E-state index contributed by atoms with van der Waals surface area (Å²) < 4.78 is 0. The molecule has 2 aromatic heterocycles. The summed E-state index contributed by atoms with van der Waals surface area (Å²) in [6.45, 7) is 1.98. The molecule has 80 valence electrons. The Labute approximate surface area is 102 Å². The van der Waals surface area contributed by atoms with Crippen LogP contribution in [0.3, 0.4) is 0 Å². The minimum Gasteiger partial charge on any atom is -0.232 e. The molecule has 0 atom stereocenters. The van der Waals surface area contributed by atoms with Crippen LogP contribution in [-0.4, -0.2) is 9.97 Å². The highest BCUT2D eigenvalue weighted by Gasteiger charge is 2.07. The lowest BCUT2D eigenvalue weighted by atomic mass is 10.3. The SMILES string of the molecule is CCc1nc(Cl)cc(-c2ccc(C#N)s2)n1. The van der Waals surface area contributed by atoms with Crippen molar-refractivity contribution in [2.24, 2.45) is 0 Å². The first-order valence-corrected chi connectivity index (χ1v) is 5.96. The maximum atomic E-state index is 8.75. The van der Waals surface area contributed by atoms with Gasteiger partial charge in [-0.1, -0.05) is 18.5 Å². The summed E-state index contributed by atoms with van der Waals surface area (Å²) in [4.78, 5) is 10.1. The van der Waals surface area contributed by atoms with Crippen LogP contribution in [-0.2, 0) is 6.42 Å². The molecule has 0 aliphatic carbocycles. The highest BCUT2D eigenvalue weighted by Crippen LogP contribution is 2.27. The van der Waals surface area contributed by atoms with E-state index in [0.717, 1.165) is 22.8 Å². The molecule has 2 rings (SSSR count). The molecule has 3 nitrogen and oxygen atoms in total. The Morgan fingerprint density at radius 2 is 2.25 bits per heavy atom. The van der Waals surface area contributed by atoms with Gasteiger partial charge in [-0.25, -0.2) is 9.97 Å². The first-order valence-electron chi connectivity index (χ1n) is 4.76. The zero-order valence-electron chi connectivity index (χ0n) is 8.57. The number of thiophene rings is 1. The van der Waals surface area contributed by atoms with Crippen molar-refractivity contribution in [3.05, 3.63) is 34.1 Å². The zero-order chi connectivity index (χ0) is 11.5. The minimum atomic E-state index is 0.439. The smallest absolute Gasteiger partial charge is 0.133 e. The van der Waals surface area contributed by atoms with E-state index < -0.39 is 0 Å². The number of hydrogen-bond donors (Lipinski definition) is 0. The third kappa shape index (κ3) is 2.21. The highest BCUT2D eigenvalue weighted by molar-refractivity contribution is 7.15. The van der Waals surface area contributed by atoms with Crippen LogP contribution in [0, 0.1) is 11.3 Å². The largest absolute Gasteiger partial charge is 0.232 e. The van der Waals surface area contributed by atoms with Crippen LogP contribution in [0.25, 0.3) is 10.6 Å². The fourth-order valence-corrected chi connectivity index (χ4v) is 2.25. The van der Waals surface area contributed by atoms with E-state index in [1.165, 1.54) is 11.3 Å². The van der Waals surface area contributed by atoms with Crippen LogP contribution in [0.5, 0.6) is 0 Å². The molecule has 2 aromatic rings. The van der Waals surface area contributed by atoms with Crippen molar-refractivity contribution in [1.29, 1.82) is 5.26 Å². The molecule has 16 heavy (non-hydrogen) atoms. The van der Waals surface area contributed by atoms with Gasteiger partial charge in [-0.15, -0.1) is 11.3 Å². The van der Waals surface area contributed by atoms with Crippen molar-refractivity contribution in [1.82, 2.24) is 9.97 Å². The van der Waals surface area contributed by atoms with Crippen molar-refractivity contribution >= 4 is 22.9 Å². The summed E-state index contributed by atoms with van der Waals surface area (Å²) >= 11 is 7.31. The monoisotopic (exact) mass is 249 g/mol. The van der Waals surface area contributed by atoms with Gasteiger partial charge in [-0.3, -0.25) is 0 Å². The second-order valence-electron chi connectivity index (χ2n) is 3.12. The van der Waals surface area contributed by atoms with E-state index in [1.807, 2.05) is 13.0 Å². The molecule has 0 aliphatic heterocycles. The molecule has 2 heterocycles. The number of rotatable bonds is 2. The number of hydrogen-bond acceptors (Lipinski definition) is 4. The maximum absolute atomic E-state index is 8.75. The molecule has 0 spiro atoms. The molecule has 0 aromatic carbocycles. The van der Waals surface area contributed by atoms with E-state index in [9.17, 15) is 0 Å². The van der Waals surface area contributed by atoms with Gasteiger partial charge >= 0.3 is 0 Å². The molecular formula is C11H8ClN3S. The summed E-state index contributed by atoms with van der Waals surface area (Å²) in [5.74, 6) is 0.717. The fraction of sp³-hybridized carbons (Fsp3) is 0.182. The molecule has 0 amide bonds. The van der Waals surface area contributed by atoms with E-state index in [1.54, 1.807) is 12.1 Å². The van der Waals surface area contributed by atoms with Crippen LogP contribution in [0.4, 0.5) is 0 Å². The number of nitrogens with zero attached hydrogens (tertiary/aromatic N) is 3. The van der Waals surface area contributed by atoms with E-state index in [0.29, 0.717) is 10.0 Å². The minimum absolute atomic E-state index is 0.439. The van der Waals surface area contributed by atoms with Gasteiger partial charge in [0.2, 0.25) is 0 Å². The Bertz CT molecular complexity index is 557. The molecule has 0 fully saturated rings. The van der Waals surface area contributed by atoms with Gasteiger partial charge in [-0.05, 0) is 12.1 Å². The molecule has 0 N–H and O–H groups in total. The van der Waals surface area contributed by atoms with Crippen LogP contribution < -0.4 is 0 Å². The number of halogens is 1. The zero-order valence-corrected chi connectivity index (χ0v) is 10.1. The van der Waals surface area contributed by atoms with Crippen LogP contribution in [0.1, 0.15) is 17.6 Å². The Morgan fingerprint density at radius 3 is 2.88 bits per heavy atom. The Kier molecular flexibility index (Phi) is 3.18. The van der Waals surface area contributed by atoms with Crippen molar-refractivity contribution < 1.29 is 0 Å². The van der Waals surface area contributed by atoms with Crippen LogP contribution in [0.2, 0.25) is 5.15 Å². The average molecular weight is 250 g/mol. The summed E-state index contributed by atoms with van der Waals surface area (Å²) in [6.07, 6.45) is 0.740. The Hall–Kier alpha value is -1.44. The topological polar surface area (TPSA) is 49.6 Å². The summed E-state index contributed by atoms with van der Waals surface area (Å²) in [5, 5.41) is 9.19. The van der Waals surface area contributed by atoms with E-state index in [-0.39, 0.29) is 0 Å². The van der Waals surface area contributed by atoms with Gasteiger partial charge in [0.15, 0.2) is 0 Å². The molecule has 5 heteroatoms. The molecule has 0 unspecified atom stereocenters. The van der Waals surface area contributed by atoms with E-state index in [4.69, 9.17) is 16.9 Å². The van der Waals surface area contributed by atoms with Crippen LogP contribution >= 0.6 is 22.9 Å². The van der Waals surface area contributed by atoms with Crippen LogP contribution in [0.15, 0.2) is 18.2 Å². The number of aromatic nitrogens is 2. The lowest BCUT2D eigenvalue weighted by molar-refractivity contribution is 0.944. The summed E-state index contributed by atoms with van der Waals surface area (Å²) in [7, 11) is 0. The second-order valence-corrected chi connectivity index (χ2v) is 4.59. The van der Waals surface area contributed by atoms with Gasteiger partial charge in [-0.2, -0.15) is 5.26 Å². The Morgan fingerprint density at radius 1 is 1.44 bits per heavy atom. The Balaban J connectivity index is 2.47. The predicted molar refractivity (Wildman–Crippen MR) is 64.4 cm³/mol. The van der Waals surface area contributed by atoms with Gasteiger partial charge in [0.05, 0.1) is 10.6 Å². The quantitative estimate of drug-likeness (QED) is 0.768. The second kappa shape index (κ2) is 4.60. The van der Waals surface area contributed by atoms with Crippen molar-refractivity contribution in [3.8, 4) is 16.6 Å². The number of nitriles is 1. The molecule has 0 radical (unpaired) electrons. The molecule has 0 saturated carbocycles. The van der Waals surface area contributed by atoms with Crippen molar-refractivity contribution in [2.45, 2.75) is 13.3 Å². The molecular weight excluding hydrogens is 242 g/mol. The van der Waals surface area contributed by atoms with Gasteiger partial charge in [0.25, 0.3) is 0 Å².